The first-order valence-electron chi connectivity index (χ1n) is 8.28. The van der Waals surface area contributed by atoms with Crippen molar-refractivity contribution in [3.8, 4) is 11.3 Å². The number of likely N-dealkylation sites (tertiary alicyclic amines) is 1. The average molecular weight is 342 g/mol. The van der Waals surface area contributed by atoms with Crippen LogP contribution in [0.3, 0.4) is 0 Å². The summed E-state index contributed by atoms with van der Waals surface area (Å²) in [4.78, 5) is 29.7. The molecular formula is C18H22N4O3. The van der Waals surface area contributed by atoms with Crippen LogP contribution < -0.4 is 5.56 Å². The fourth-order valence-electron chi connectivity index (χ4n) is 2.65. The van der Waals surface area contributed by atoms with Crippen LogP contribution in [0.25, 0.3) is 11.3 Å². The van der Waals surface area contributed by atoms with Gasteiger partial charge in [0.25, 0.3) is 5.56 Å². The standard InChI is InChI=1S/C18H22N4O3/c1-18(2,3)25-17(24)21-10-13(11-21)12-22-16(23)7-6-15(20-22)14-5-4-8-19-9-14/h4-9,13H,10-12H2,1-3H3. The molecule has 0 atom stereocenters. The minimum atomic E-state index is -0.501. The maximum absolute atomic E-state index is 12.1. The molecule has 7 heteroatoms. The van der Waals surface area contributed by atoms with Crippen molar-refractivity contribution in [1.29, 1.82) is 0 Å². The summed E-state index contributed by atoms with van der Waals surface area (Å²) in [7, 11) is 0. The van der Waals surface area contributed by atoms with E-state index in [9.17, 15) is 9.59 Å². The summed E-state index contributed by atoms with van der Waals surface area (Å²) < 4.78 is 6.79. The molecule has 1 fully saturated rings. The normalized spacial score (nSPS) is 14.9. The molecule has 7 nitrogen and oxygen atoms in total. The Balaban J connectivity index is 1.63. The van der Waals surface area contributed by atoms with Gasteiger partial charge in [0.2, 0.25) is 0 Å². The lowest BCUT2D eigenvalue weighted by Crippen LogP contribution is -2.53. The lowest BCUT2D eigenvalue weighted by Gasteiger charge is -2.39. The summed E-state index contributed by atoms with van der Waals surface area (Å²) in [5.41, 5.74) is 0.915. The first kappa shape index (κ1) is 17.1. The third kappa shape index (κ3) is 4.23. The SMILES string of the molecule is CC(C)(C)OC(=O)N1CC(Cn2nc(-c3cccnc3)ccc2=O)C1. The second-order valence-corrected chi connectivity index (χ2v) is 7.23. The van der Waals surface area contributed by atoms with Gasteiger partial charge in [-0.2, -0.15) is 5.10 Å². The highest BCUT2D eigenvalue weighted by atomic mass is 16.6. The van der Waals surface area contributed by atoms with Crippen LogP contribution in [0.5, 0.6) is 0 Å². The van der Waals surface area contributed by atoms with Crippen molar-refractivity contribution in [2.75, 3.05) is 13.1 Å². The molecule has 0 aliphatic carbocycles. The van der Waals surface area contributed by atoms with Gasteiger partial charge < -0.3 is 9.64 Å². The van der Waals surface area contributed by atoms with E-state index in [2.05, 4.69) is 10.1 Å². The summed E-state index contributed by atoms with van der Waals surface area (Å²) in [5, 5.41) is 4.42. The lowest BCUT2D eigenvalue weighted by atomic mass is 10.0. The highest BCUT2D eigenvalue weighted by Crippen LogP contribution is 2.21. The van der Waals surface area contributed by atoms with Gasteiger partial charge in [-0.1, -0.05) is 0 Å². The van der Waals surface area contributed by atoms with Crippen LogP contribution in [0, 0.1) is 5.92 Å². The zero-order valence-electron chi connectivity index (χ0n) is 14.7. The third-order valence-electron chi connectivity index (χ3n) is 3.86. The number of nitrogens with zero attached hydrogens (tertiary/aromatic N) is 4. The van der Waals surface area contributed by atoms with E-state index in [0.29, 0.717) is 25.3 Å². The number of hydrogen-bond acceptors (Lipinski definition) is 5. The van der Waals surface area contributed by atoms with E-state index in [-0.39, 0.29) is 17.6 Å². The van der Waals surface area contributed by atoms with E-state index < -0.39 is 5.60 Å². The summed E-state index contributed by atoms with van der Waals surface area (Å²) in [6, 6.07) is 6.94. The van der Waals surface area contributed by atoms with Crippen LogP contribution in [-0.4, -0.2) is 44.4 Å². The Bertz CT molecular complexity index is 805. The summed E-state index contributed by atoms with van der Waals surface area (Å²) in [6.07, 6.45) is 3.09. The molecule has 0 saturated carbocycles. The van der Waals surface area contributed by atoms with Gasteiger partial charge in [-0.25, -0.2) is 9.48 Å². The van der Waals surface area contributed by atoms with Crippen LogP contribution in [0.2, 0.25) is 0 Å². The van der Waals surface area contributed by atoms with E-state index in [1.165, 1.54) is 10.7 Å². The Kier molecular flexibility index (Phi) is 4.57. The Morgan fingerprint density at radius 2 is 2.04 bits per heavy atom. The molecule has 2 aromatic rings. The highest BCUT2D eigenvalue weighted by molar-refractivity contribution is 5.69. The molecule has 0 bridgehead atoms. The highest BCUT2D eigenvalue weighted by Gasteiger charge is 2.34. The van der Waals surface area contributed by atoms with Gasteiger partial charge in [-0.15, -0.1) is 0 Å². The molecule has 1 aliphatic heterocycles. The fraction of sp³-hybridized carbons (Fsp3) is 0.444. The van der Waals surface area contributed by atoms with Crippen molar-refractivity contribution in [3.05, 3.63) is 47.0 Å². The third-order valence-corrected chi connectivity index (χ3v) is 3.86. The number of pyridine rings is 1. The number of hydrogen-bond donors (Lipinski definition) is 0. The average Bonchev–Trinajstić information content (AvgIpc) is 2.51. The van der Waals surface area contributed by atoms with Crippen molar-refractivity contribution in [3.63, 3.8) is 0 Å². The largest absolute Gasteiger partial charge is 0.444 e. The Morgan fingerprint density at radius 3 is 2.68 bits per heavy atom. The van der Waals surface area contributed by atoms with E-state index in [1.54, 1.807) is 23.4 Å². The van der Waals surface area contributed by atoms with Crippen LogP contribution in [0.15, 0.2) is 41.5 Å². The Morgan fingerprint density at radius 1 is 1.28 bits per heavy atom. The predicted octanol–water partition coefficient (Wildman–Crippen LogP) is 2.17. The van der Waals surface area contributed by atoms with Gasteiger partial charge in [0.1, 0.15) is 5.60 Å². The van der Waals surface area contributed by atoms with Crippen molar-refractivity contribution in [1.82, 2.24) is 19.7 Å². The van der Waals surface area contributed by atoms with Crippen LogP contribution in [0.4, 0.5) is 4.79 Å². The number of carbonyl (C=O) groups is 1. The molecule has 3 heterocycles. The van der Waals surface area contributed by atoms with E-state index in [4.69, 9.17) is 4.74 Å². The quantitative estimate of drug-likeness (QED) is 0.854. The molecule has 0 N–H and O–H groups in total. The maximum Gasteiger partial charge on any atom is 0.410 e. The number of aromatic nitrogens is 3. The molecule has 132 valence electrons. The molecule has 25 heavy (non-hydrogen) atoms. The van der Waals surface area contributed by atoms with E-state index in [0.717, 1.165) is 5.56 Å². The molecule has 0 unspecified atom stereocenters. The maximum atomic E-state index is 12.1. The minimum Gasteiger partial charge on any atom is -0.444 e. The van der Waals surface area contributed by atoms with Crippen LogP contribution >= 0.6 is 0 Å². The minimum absolute atomic E-state index is 0.150. The number of carbonyl (C=O) groups excluding carboxylic acids is 1. The van der Waals surface area contributed by atoms with Gasteiger partial charge in [0.15, 0.2) is 0 Å². The first-order valence-corrected chi connectivity index (χ1v) is 8.28. The van der Waals surface area contributed by atoms with Crippen LogP contribution in [0.1, 0.15) is 20.8 Å². The smallest absolute Gasteiger partial charge is 0.410 e. The van der Waals surface area contributed by atoms with Crippen molar-refractivity contribution >= 4 is 6.09 Å². The van der Waals surface area contributed by atoms with Crippen molar-refractivity contribution in [2.45, 2.75) is 32.9 Å². The fourth-order valence-corrected chi connectivity index (χ4v) is 2.65. The second kappa shape index (κ2) is 6.66. The lowest BCUT2D eigenvalue weighted by molar-refractivity contribution is -0.00402. The number of rotatable bonds is 3. The van der Waals surface area contributed by atoms with E-state index in [1.807, 2.05) is 32.9 Å². The van der Waals surface area contributed by atoms with Gasteiger partial charge in [-0.3, -0.25) is 9.78 Å². The molecule has 0 radical (unpaired) electrons. The molecule has 0 spiro atoms. The van der Waals surface area contributed by atoms with Crippen molar-refractivity contribution < 1.29 is 9.53 Å². The molecule has 1 aliphatic rings. The Labute approximate surface area is 146 Å². The van der Waals surface area contributed by atoms with Crippen LogP contribution in [-0.2, 0) is 11.3 Å². The summed E-state index contributed by atoms with van der Waals surface area (Å²) in [6.45, 7) is 7.15. The number of amides is 1. The summed E-state index contributed by atoms with van der Waals surface area (Å²) in [5.74, 6) is 0.196. The zero-order valence-corrected chi connectivity index (χ0v) is 14.7. The summed E-state index contributed by atoms with van der Waals surface area (Å²) >= 11 is 0. The molecule has 0 aromatic carbocycles. The molecular weight excluding hydrogens is 320 g/mol. The molecule has 1 amide bonds. The van der Waals surface area contributed by atoms with Gasteiger partial charge in [0.05, 0.1) is 12.2 Å². The monoisotopic (exact) mass is 342 g/mol. The van der Waals surface area contributed by atoms with Crippen molar-refractivity contribution in [2.24, 2.45) is 5.92 Å². The second-order valence-electron chi connectivity index (χ2n) is 7.23. The van der Waals surface area contributed by atoms with Gasteiger partial charge >= 0.3 is 6.09 Å². The number of ether oxygens (including phenoxy) is 1. The van der Waals surface area contributed by atoms with Gasteiger partial charge in [0, 0.05) is 43.0 Å². The van der Waals surface area contributed by atoms with Gasteiger partial charge in [-0.05, 0) is 39.0 Å². The zero-order chi connectivity index (χ0) is 18.0. The Hall–Kier alpha value is -2.70. The topological polar surface area (TPSA) is 77.3 Å². The molecule has 2 aromatic heterocycles. The molecule has 3 rings (SSSR count). The first-order chi connectivity index (χ1) is 11.8. The molecule has 1 saturated heterocycles. The van der Waals surface area contributed by atoms with E-state index >= 15 is 0 Å². The predicted molar refractivity (Wildman–Crippen MR) is 93.0 cm³/mol.